The third-order valence-electron chi connectivity index (χ3n) is 2.07. The molecule has 1 rings (SSSR count). The van der Waals surface area contributed by atoms with Crippen molar-refractivity contribution in [2.75, 3.05) is 17.2 Å². The van der Waals surface area contributed by atoms with Crippen LogP contribution in [0.3, 0.4) is 0 Å². The van der Waals surface area contributed by atoms with Crippen LogP contribution in [0.15, 0.2) is 18.3 Å². The summed E-state index contributed by atoms with van der Waals surface area (Å²) >= 11 is 0. The van der Waals surface area contributed by atoms with Crippen molar-refractivity contribution >= 4 is 11.5 Å². The monoisotopic (exact) mass is 233 g/mol. The normalized spacial score (nSPS) is 11.9. The van der Waals surface area contributed by atoms with Gasteiger partial charge in [0.1, 0.15) is 12.4 Å². The van der Waals surface area contributed by atoms with Gasteiger partial charge in [0, 0.05) is 24.0 Å². The lowest BCUT2D eigenvalue weighted by Gasteiger charge is -2.29. The summed E-state index contributed by atoms with van der Waals surface area (Å²) in [5, 5.41) is 0. The number of anilines is 2. The molecule has 0 atom stereocenters. The van der Waals surface area contributed by atoms with Crippen LogP contribution in [0.2, 0.25) is 0 Å². The Hall–Kier alpha value is -1.46. The number of pyridine rings is 1. The Morgan fingerprint density at radius 2 is 2.06 bits per heavy atom. The summed E-state index contributed by atoms with van der Waals surface area (Å²) in [6, 6.07) is 2.69. The Kier molecular flexibility index (Phi) is 3.62. The first-order chi connectivity index (χ1) is 7.29. The molecule has 16 heavy (non-hydrogen) atoms. The van der Waals surface area contributed by atoms with Crippen LogP contribution in [-0.2, 0) is 0 Å². The Bertz CT molecular complexity index is 349. The lowest BCUT2D eigenvalue weighted by molar-refractivity contribution is -0.120. The number of nitrogens with two attached hydrogens (primary N) is 1. The molecule has 3 nitrogen and oxygen atoms in total. The summed E-state index contributed by atoms with van der Waals surface area (Å²) in [5.74, 6) is 0.213. The lowest BCUT2D eigenvalue weighted by Crippen LogP contribution is -2.39. The van der Waals surface area contributed by atoms with Gasteiger partial charge in [-0.05, 0) is 19.9 Å². The molecule has 0 radical (unpaired) electrons. The minimum atomic E-state index is -4.23. The predicted molar refractivity (Wildman–Crippen MR) is 57.2 cm³/mol. The summed E-state index contributed by atoms with van der Waals surface area (Å²) in [4.78, 5) is 4.98. The highest BCUT2D eigenvalue weighted by atomic mass is 19.4. The van der Waals surface area contributed by atoms with E-state index in [9.17, 15) is 13.2 Å². The summed E-state index contributed by atoms with van der Waals surface area (Å²) < 4.78 is 37.1. The molecule has 0 fully saturated rings. The van der Waals surface area contributed by atoms with Crippen molar-refractivity contribution in [2.24, 2.45) is 0 Å². The molecule has 6 heteroatoms. The molecule has 0 aliphatic rings. The maximum absolute atomic E-state index is 12.4. The van der Waals surface area contributed by atoms with E-state index in [1.807, 2.05) is 0 Å². The molecule has 0 bridgehead atoms. The zero-order valence-corrected chi connectivity index (χ0v) is 9.12. The highest BCUT2D eigenvalue weighted by molar-refractivity contribution is 5.52. The standard InChI is InChI=1S/C10H14F3N3/c1-7(2)16(6-10(11,12)13)8-3-4-15-9(14)5-8/h3-5,7H,6H2,1-2H3,(H2,14,15). The smallest absolute Gasteiger partial charge is 0.384 e. The quantitative estimate of drug-likeness (QED) is 0.871. The van der Waals surface area contributed by atoms with Crippen molar-refractivity contribution in [3.05, 3.63) is 18.3 Å². The Labute approximate surface area is 92.1 Å². The van der Waals surface area contributed by atoms with Gasteiger partial charge in [0.05, 0.1) is 0 Å². The summed E-state index contributed by atoms with van der Waals surface area (Å²) in [6.45, 7) is 2.40. The second-order valence-corrected chi connectivity index (χ2v) is 3.78. The van der Waals surface area contributed by atoms with E-state index in [1.54, 1.807) is 13.8 Å². The zero-order chi connectivity index (χ0) is 12.3. The molecule has 0 aliphatic carbocycles. The number of hydrogen-bond donors (Lipinski definition) is 1. The van der Waals surface area contributed by atoms with E-state index in [1.165, 1.54) is 23.2 Å². The van der Waals surface area contributed by atoms with Crippen molar-refractivity contribution in [1.82, 2.24) is 4.98 Å². The highest BCUT2D eigenvalue weighted by Gasteiger charge is 2.32. The molecular formula is C10H14F3N3. The van der Waals surface area contributed by atoms with E-state index < -0.39 is 12.7 Å². The maximum atomic E-state index is 12.4. The second-order valence-electron chi connectivity index (χ2n) is 3.78. The second kappa shape index (κ2) is 4.59. The fraction of sp³-hybridized carbons (Fsp3) is 0.500. The van der Waals surface area contributed by atoms with Crippen molar-refractivity contribution in [3.63, 3.8) is 0 Å². The predicted octanol–water partition coefficient (Wildman–Crippen LogP) is 2.44. The molecular weight excluding hydrogens is 219 g/mol. The maximum Gasteiger partial charge on any atom is 0.405 e. The molecule has 0 aliphatic heterocycles. The largest absolute Gasteiger partial charge is 0.405 e. The molecule has 0 saturated carbocycles. The Morgan fingerprint density at radius 1 is 1.44 bits per heavy atom. The average molecular weight is 233 g/mol. The number of aromatic nitrogens is 1. The fourth-order valence-electron chi connectivity index (χ4n) is 1.38. The minimum absolute atomic E-state index is 0.213. The summed E-state index contributed by atoms with van der Waals surface area (Å²) in [7, 11) is 0. The van der Waals surface area contributed by atoms with E-state index in [2.05, 4.69) is 4.98 Å². The van der Waals surface area contributed by atoms with Gasteiger partial charge in [0.25, 0.3) is 0 Å². The number of nitrogens with zero attached hydrogens (tertiary/aromatic N) is 2. The number of nitrogen functional groups attached to an aromatic ring is 1. The van der Waals surface area contributed by atoms with Crippen LogP contribution in [0.5, 0.6) is 0 Å². The summed E-state index contributed by atoms with van der Waals surface area (Å²) in [6.07, 6.45) is -2.83. The molecule has 0 saturated heterocycles. The van der Waals surface area contributed by atoms with E-state index in [-0.39, 0.29) is 11.9 Å². The van der Waals surface area contributed by atoms with Crippen molar-refractivity contribution < 1.29 is 13.2 Å². The summed E-state index contributed by atoms with van der Waals surface area (Å²) in [5.41, 5.74) is 5.87. The number of rotatable bonds is 3. The van der Waals surface area contributed by atoms with Crippen molar-refractivity contribution in [2.45, 2.75) is 26.1 Å². The van der Waals surface area contributed by atoms with E-state index in [0.717, 1.165) is 0 Å². The first-order valence-electron chi connectivity index (χ1n) is 4.84. The molecule has 0 aromatic carbocycles. The molecule has 0 unspecified atom stereocenters. The van der Waals surface area contributed by atoms with Crippen molar-refractivity contribution in [1.29, 1.82) is 0 Å². The van der Waals surface area contributed by atoms with Crippen LogP contribution < -0.4 is 10.6 Å². The van der Waals surface area contributed by atoms with E-state index in [4.69, 9.17) is 5.73 Å². The van der Waals surface area contributed by atoms with Gasteiger partial charge in [-0.2, -0.15) is 13.2 Å². The van der Waals surface area contributed by atoms with E-state index in [0.29, 0.717) is 5.69 Å². The van der Waals surface area contributed by atoms with Gasteiger partial charge < -0.3 is 10.6 Å². The van der Waals surface area contributed by atoms with Gasteiger partial charge in [0.15, 0.2) is 0 Å². The third-order valence-corrected chi connectivity index (χ3v) is 2.07. The molecule has 0 spiro atoms. The molecule has 0 amide bonds. The topological polar surface area (TPSA) is 42.2 Å². The first-order valence-corrected chi connectivity index (χ1v) is 4.84. The minimum Gasteiger partial charge on any atom is -0.384 e. The fourth-order valence-corrected chi connectivity index (χ4v) is 1.38. The molecule has 90 valence electrons. The van der Waals surface area contributed by atoms with Crippen LogP contribution in [0, 0.1) is 0 Å². The Morgan fingerprint density at radius 3 is 2.50 bits per heavy atom. The SMILES string of the molecule is CC(C)N(CC(F)(F)F)c1ccnc(N)c1. The van der Waals surface area contributed by atoms with Gasteiger partial charge >= 0.3 is 6.18 Å². The van der Waals surface area contributed by atoms with Crippen LogP contribution >= 0.6 is 0 Å². The van der Waals surface area contributed by atoms with Gasteiger partial charge in [0.2, 0.25) is 0 Å². The molecule has 1 aromatic heterocycles. The van der Waals surface area contributed by atoms with Crippen LogP contribution in [0.25, 0.3) is 0 Å². The van der Waals surface area contributed by atoms with Gasteiger partial charge in [-0.3, -0.25) is 0 Å². The third kappa shape index (κ3) is 3.60. The Balaban J connectivity index is 2.94. The van der Waals surface area contributed by atoms with Crippen molar-refractivity contribution in [3.8, 4) is 0 Å². The first kappa shape index (κ1) is 12.6. The van der Waals surface area contributed by atoms with Crippen LogP contribution in [-0.4, -0.2) is 23.7 Å². The molecule has 1 heterocycles. The highest BCUT2D eigenvalue weighted by Crippen LogP contribution is 2.24. The average Bonchev–Trinajstić information content (AvgIpc) is 2.12. The lowest BCUT2D eigenvalue weighted by atomic mass is 10.2. The number of halogens is 3. The number of hydrogen-bond acceptors (Lipinski definition) is 3. The van der Waals surface area contributed by atoms with Gasteiger partial charge in [-0.25, -0.2) is 4.98 Å². The molecule has 2 N–H and O–H groups in total. The molecule has 1 aromatic rings. The zero-order valence-electron chi connectivity index (χ0n) is 9.12. The van der Waals surface area contributed by atoms with Crippen LogP contribution in [0.4, 0.5) is 24.7 Å². The van der Waals surface area contributed by atoms with E-state index >= 15 is 0 Å². The van der Waals surface area contributed by atoms with Gasteiger partial charge in [-0.15, -0.1) is 0 Å². The van der Waals surface area contributed by atoms with Gasteiger partial charge in [-0.1, -0.05) is 0 Å². The van der Waals surface area contributed by atoms with Crippen LogP contribution in [0.1, 0.15) is 13.8 Å². The number of alkyl halides is 3.